The molecule has 0 amide bonds. The number of likely N-dealkylation sites (N-methyl/N-ethyl adjacent to an activating group) is 1. The molecular weight excluding hydrogens is 244 g/mol. The van der Waals surface area contributed by atoms with Crippen LogP contribution in [0.15, 0.2) is 0 Å². The summed E-state index contributed by atoms with van der Waals surface area (Å²) >= 11 is 0. The molecule has 0 aromatic rings. The van der Waals surface area contributed by atoms with Crippen molar-refractivity contribution in [3.05, 3.63) is 0 Å². The molecule has 5 heteroatoms. The molecular formula is C14H30N2O3. The minimum Gasteiger partial charge on any atom is -0.465 e. The molecule has 0 aromatic heterocycles. The molecule has 2 atom stereocenters. The average molecular weight is 274 g/mol. The highest BCUT2D eigenvalue weighted by molar-refractivity contribution is 5.75. The van der Waals surface area contributed by atoms with Gasteiger partial charge >= 0.3 is 5.97 Å². The molecule has 0 radical (unpaired) electrons. The summed E-state index contributed by atoms with van der Waals surface area (Å²) in [5, 5.41) is 3.02. The predicted molar refractivity (Wildman–Crippen MR) is 77.3 cm³/mol. The van der Waals surface area contributed by atoms with Crippen LogP contribution in [-0.4, -0.2) is 63.4 Å². The molecule has 0 saturated heterocycles. The van der Waals surface area contributed by atoms with Gasteiger partial charge in [-0.3, -0.25) is 9.69 Å². The van der Waals surface area contributed by atoms with E-state index >= 15 is 0 Å². The lowest BCUT2D eigenvalue weighted by Gasteiger charge is -2.29. The fraction of sp³-hybridized carbons (Fsp3) is 0.929. The molecule has 1 N–H and O–H groups in total. The van der Waals surface area contributed by atoms with Gasteiger partial charge in [0, 0.05) is 26.2 Å². The highest BCUT2D eigenvalue weighted by Gasteiger charge is 2.20. The number of carbonyl (C=O) groups is 1. The van der Waals surface area contributed by atoms with Crippen LogP contribution < -0.4 is 5.32 Å². The van der Waals surface area contributed by atoms with Gasteiger partial charge in [-0.2, -0.15) is 0 Å². The van der Waals surface area contributed by atoms with Gasteiger partial charge < -0.3 is 14.8 Å². The van der Waals surface area contributed by atoms with Gasteiger partial charge in [0.2, 0.25) is 0 Å². The minimum absolute atomic E-state index is 0.166. The Bertz CT molecular complexity index is 237. The van der Waals surface area contributed by atoms with Gasteiger partial charge in [0.1, 0.15) is 6.04 Å². The van der Waals surface area contributed by atoms with Crippen molar-refractivity contribution in [1.82, 2.24) is 10.2 Å². The van der Waals surface area contributed by atoms with Crippen molar-refractivity contribution in [2.45, 2.75) is 45.7 Å². The van der Waals surface area contributed by atoms with Gasteiger partial charge in [-0.15, -0.1) is 0 Å². The third-order valence-electron chi connectivity index (χ3n) is 3.42. The Hall–Kier alpha value is -0.650. The minimum atomic E-state index is -0.228. The van der Waals surface area contributed by atoms with E-state index in [2.05, 4.69) is 24.1 Å². The second-order valence-electron chi connectivity index (χ2n) is 4.67. The Labute approximate surface area is 117 Å². The molecule has 2 unspecified atom stereocenters. The maximum Gasteiger partial charge on any atom is 0.323 e. The van der Waals surface area contributed by atoms with E-state index in [4.69, 9.17) is 9.47 Å². The normalized spacial score (nSPS) is 14.4. The van der Waals surface area contributed by atoms with Crippen molar-refractivity contribution in [3.63, 3.8) is 0 Å². The van der Waals surface area contributed by atoms with Gasteiger partial charge in [-0.25, -0.2) is 0 Å². The Kier molecular flexibility index (Phi) is 10.8. The highest BCUT2D eigenvalue weighted by atomic mass is 16.5. The van der Waals surface area contributed by atoms with E-state index in [1.54, 1.807) is 14.2 Å². The van der Waals surface area contributed by atoms with Gasteiger partial charge in [0.05, 0.1) is 13.2 Å². The van der Waals surface area contributed by atoms with E-state index in [0.717, 1.165) is 25.9 Å². The van der Waals surface area contributed by atoms with E-state index in [9.17, 15) is 4.79 Å². The first kappa shape index (κ1) is 18.4. The highest BCUT2D eigenvalue weighted by Crippen LogP contribution is 2.06. The third kappa shape index (κ3) is 7.50. The molecule has 0 aliphatic rings. The van der Waals surface area contributed by atoms with E-state index in [1.807, 2.05) is 6.92 Å². The smallest absolute Gasteiger partial charge is 0.323 e. The van der Waals surface area contributed by atoms with E-state index < -0.39 is 0 Å². The number of nitrogens with one attached hydrogen (secondary N) is 1. The molecule has 0 bridgehead atoms. The van der Waals surface area contributed by atoms with Gasteiger partial charge in [0.25, 0.3) is 0 Å². The monoisotopic (exact) mass is 274 g/mol. The van der Waals surface area contributed by atoms with Crippen LogP contribution >= 0.6 is 0 Å². The van der Waals surface area contributed by atoms with Crippen LogP contribution in [0.5, 0.6) is 0 Å². The zero-order chi connectivity index (χ0) is 14.7. The number of hydrogen-bond acceptors (Lipinski definition) is 5. The molecule has 0 heterocycles. The standard InChI is InChI=1S/C14H30N2O3/c1-6-12(3)16(10-11-18-5)9-8-13(15-4)14(17)19-7-2/h12-13,15H,6-11H2,1-5H3. The maximum atomic E-state index is 11.7. The van der Waals surface area contributed by atoms with Gasteiger partial charge in [0.15, 0.2) is 0 Å². The van der Waals surface area contributed by atoms with E-state index in [0.29, 0.717) is 19.3 Å². The summed E-state index contributed by atoms with van der Waals surface area (Å²) in [6.07, 6.45) is 1.84. The maximum absolute atomic E-state index is 11.7. The molecule has 0 aliphatic heterocycles. The van der Waals surface area contributed by atoms with Crippen molar-refractivity contribution in [2.24, 2.45) is 0 Å². The Balaban J connectivity index is 4.29. The van der Waals surface area contributed by atoms with E-state index in [-0.39, 0.29) is 12.0 Å². The Morgan fingerprint density at radius 2 is 2.00 bits per heavy atom. The number of nitrogens with zero attached hydrogens (tertiary/aromatic N) is 1. The largest absolute Gasteiger partial charge is 0.465 e. The summed E-state index contributed by atoms with van der Waals surface area (Å²) < 4.78 is 10.2. The van der Waals surface area contributed by atoms with Crippen LogP contribution in [0.1, 0.15) is 33.6 Å². The zero-order valence-corrected chi connectivity index (χ0v) is 13.1. The van der Waals surface area contributed by atoms with E-state index in [1.165, 1.54) is 0 Å². The molecule has 0 aromatic carbocycles. The molecule has 0 aliphatic carbocycles. The lowest BCUT2D eigenvalue weighted by Crippen LogP contribution is -2.42. The van der Waals surface area contributed by atoms with Crippen LogP contribution in [-0.2, 0) is 14.3 Å². The average Bonchev–Trinajstić information content (AvgIpc) is 2.42. The van der Waals surface area contributed by atoms with Crippen molar-refractivity contribution in [1.29, 1.82) is 0 Å². The zero-order valence-electron chi connectivity index (χ0n) is 13.1. The fourth-order valence-corrected chi connectivity index (χ4v) is 1.94. The number of esters is 1. The molecule has 5 nitrogen and oxygen atoms in total. The second-order valence-corrected chi connectivity index (χ2v) is 4.67. The van der Waals surface area contributed by atoms with Crippen LogP contribution in [0.25, 0.3) is 0 Å². The number of ether oxygens (including phenoxy) is 2. The number of carbonyl (C=O) groups excluding carboxylic acids is 1. The van der Waals surface area contributed by atoms with Crippen LogP contribution in [0.4, 0.5) is 0 Å². The van der Waals surface area contributed by atoms with Crippen molar-refractivity contribution >= 4 is 5.97 Å². The summed E-state index contributed by atoms with van der Waals surface area (Å²) in [7, 11) is 3.51. The lowest BCUT2D eigenvalue weighted by atomic mass is 10.1. The van der Waals surface area contributed by atoms with Crippen molar-refractivity contribution in [2.75, 3.05) is 40.5 Å². The van der Waals surface area contributed by atoms with Crippen molar-refractivity contribution < 1.29 is 14.3 Å². The molecule has 114 valence electrons. The fourth-order valence-electron chi connectivity index (χ4n) is 1.94. The second kappa shape index (κ2) is 11.2. The summed E-state index contributed by atoms with van der Waals surface area (Å²) in [5.41, 5.74) is 0. The topological polar surface area (TPSA) is 50.8 Å². The van der Waals surface area contributed by atoms with Crippen LogP contribution in [0.2, 0.25) is 0 Å². The summed E-state index contributed by atoms with van der Waals surface area (Å²) in [6, 6.07) is 0.268. The molecule has 0 spiro atoms. The van der Waals surface area contributed by atoms with Crippen LogP contribution in [0, 0.1) is 0 Å². The first-order valence-electron chi connectivity index (χ1n) is 7.17. The Morgan fingerprint density at radius 1 is 1.32 bits per heavy atom. The SMILES string of the molecule is CCOC(=O)C(CCN(CCOC)C(C)CC)NC. The summed E-state index contributed by atoms with van der Waals surface area (Å²) in [6.45, 7) is 9.10. The van der Waals surface area contributed by atoms with Crippen LogP contribution in [0.3, 0.4) is 0 Å². The molecule has 19 heavy (non-hydrogen) atoms. The lowest BCUT2D eigenvalue weighted by molar-refractivity contribution is -0.145. The first-order chi connectivity index (χ1) is 9.10. The predicted octanol–water partition coefficient (Wildman–Crippen LogP) is 1.27. The number of methoxy groups -OCH3 is 1. The van der Waals surface area contributed by atoms with Gasteiger partial charge in [-0.1, -0.05) is 6.92 Å². The molecule has 0 fully saturated rings. The summed E-state index contributed by atoms with van der Waals surface area (Å²) in [4.78, 5) is 14.1. The molecule has 0 rings (SSSR count). The summed E-state index contributed by atoms with van der Waals surface area (Å²) in [5.74, 6) is -0.166. The molecule has 0 saturated carbocycles. The first-order valence-corrected chi connectivity index (χ1v) is 7.17. The van der Waals surface area contributed by atoms with Gasteiger partial charge in [-0.05, 0) is 33.7 Å². The van der Waals surface area contributed by atoms with Crippen molar-refractivity contribution in [3.8, 4) is 0 Å². The third-order valence-corrected chi connectivity index (χ3v) is 3.42. The Morgan fingerprint density at radius 3 is 2.47 bits per heavy atom. The number of rotatable bonds is 11. The quantitative estimate of drug-likeness (QED) is 0.575. The number of hydrogen-bond donors (Lipinski definition) is 1.